The standard InChI is InChI=1S/C37H44O8P4/c1-29-9-5-13-33(21-29)46(38,34-14-6-10-30(2)22-34)17-19-48(40)42-25-37(26-43-48)27-44-49(41,45-28-37)20-18-47(39,35-15-7-11-31(3)23-35)36-16-8-12-32(4)24-36/h5-16,21-24H,17-20,25-28H2,1-4H3. The molecule has 2 saturated heterocycles. The Balaban J connectivity index is 1.11. The summed E-state index contributed by atoms with van der Waals surface area (Å²) in [4.78, 5) is 0. The van der Waals surface area contributed by atoms with E-state index in [0.717, 1.165) is 22.3 Å². The highest BCUT2D eigenvalue weighted by Crippen LogP contribution is 2.61. The molecule has 0 aliphatic carbocycles. The highest BCUT2D eigenvalue weighted by Gasteiger charge is 2.49. The van der Waals surface area contributed by atoms with Gasteiger partial charge in [-0.2, -0.15) is 0 Å². The van der Waals surface area contributed by atoms with Crippen LogP contribution in [0.1, 0.15) is 22.3 Å². The molecule has 0 amide bonds. The molecule has 260 valence electrons. The van der Waals surface area contributed by atoms with Gasteiger partial charge in [0.2, 0.25) is 0 Å². The van der Waals surface area contributed by atoms with Gasteiger partial charge in [0, 0.05) is 33.5 Å². The van der Waals surface area contributed by atoms with Crippen LogP contribution in [0.2, 0.25) is 0 Å². The van der Waals surface area contributed by atoms with E-state index in [1.54, 1.807) is 0 Å². The summed E-state index contributed by atoms with van der Waals surface area (Å²) in [6.45, 7) is 7.92. The maximum absolute atomic E-state index is 14.7. The highest BCUT2D eigenvalue weighted by atomic mass is 31.2. The molecule has 0 radical (unpaired) electrons. The van der Waals surface area contributed by atoms with Gasteiger partial charge in [-0.1, -0.05) is 95.1 Å². The van der Waals surface area contributed by atoms with Crippen LogP contribution < -0.4 is 21.2 Å². The normalized spacial score (nSPS) is 24.6. The third-order valence-corrected chi connectivity index (χ3v) is 19.8. The van der Waals surface area contributed by atoms with E-state index in [0.29, 0.717) is 21.2 Å². The first-order valence-corrected chi connectivity index (χ1v) is 23.7. The summed E-state index contributed by atoms with van der Waals surface area (Å²) in [6, 6.07) is 30.5. The predicted molar refractivity (Wildman–Crippen MR) is 199 cm³/mol. The Bertz CT molecular complexity index is 1770. The van der Waals surface area contributed by atoms with E-state index < -0.39 is 34.9 Å². The molecule has 0 atom stereocenters. The topological polar surface area (TPSA) is 105 Å². The zero-order valence-electron chi connectivity index (χ0n) is 28.4. The highest BCUT2D eigenvalue weighted by molar-refractivity contribution is 7.79. The van der Waals surface area contributed by atoms with Crippen molar-refractivity contribution >= 4 is 50.7 Å². The van der Waals surface area contributed by atoms with E-state index in [-0.39, 0.29) is 51.1 Å². The van der Waals surface area contributed by atoms with Crippen LogP contribution in [0, 0.1) is 33.1 Å². The lowest BCUT2D eigenvalue weighted by atomic mass is 9.93. The SMILES string of the molecule is Cc1cccc(P(=O)(CCP2(=O)OCC3(CO2)COP(=O)(CCP(=O)(c2cccc(C)c2)c2cccc(C)c2)OC3)c2cccc(C)c2)c1. The third kappa shape index (κ3) is 8.09. The monoisotopic (exact) mass is 740 g/mol. The Kier molecular flexibility index (Phi) is 10.7. The van der Waals surface area contributed by atoms with Crippen LogP contribution in [-0.2, 0) is 36.4 Å². The first kappa shape index (κ1) is 36.4. The molecule has 4 aromatic rings. The Morgan fingerprint density at radius 1 is 0.510 bits per heavy atom. The molecule has 0 bridgehead atoms. The summed E-state index contributed by atoms with van der Waals surface area (Å²) >= 11 is 0. The van der Waals surface area contributed by atoms with Gasteiger partial charge in [0.25, 0.3) is 0 Å². The zero-order chi connectivity index (χ0) is 34.9. The lowest BCUT2D eigenvalue weighted by molar-refractivity contribution is -0.0680. The van der Waals surface area contributed by atoms with Crippen molar-refractivity contribution in [1.29, 1.82) is 0 Å². The second kappa shape index (κ2) is 14.3. The van der Waals surface area contributed by atoms with Crippen molar-refractivity contribution in [2.45, 2.75) is 27.7 Å². The fourth-order valence-electron chi connectivity index (χ4n) is 6.28. The van der Waals surface area contributed by atoms with Crippen molar-refractivity contribution in [3.05, 3.63) is 119 Å². The molecule has 49 heavy (non-hydrogen) atoms. The van der Waals surface area contributed by atoms with Crippen LogP contribution in [-0.4, -0.2) is 51.1 Å². The molecular formula is C37H44O8P4. The van der Waals surface area contributed by atoms with E-state index in [2.05, 4.69) is 0 Å². The molecule has 0 aromatic heterocycles. The molecule has 8 nitrogen and oxygen atoms in total. The van der Waals surface area contributed by atoms with Crippen LogP contribution in [0.15, 0.2) is 97.1 Å². The average molecular weight is 741 g/mol. The largest absolute Gasteiger partial charge is 0.331 e. The molecule has 2 fully saturated rings. The Hall–Kier alpha value is -2.36. The average Bonchev–Trinajstić information content (AvgIpc) is 3.09. The number of hydrogen-bond donors (Lipinski definition) is 0. The summed E-state index contributed by atoms with van der Waals surface area (Å²) in [5.74, 6) is 0. The molecule has 0 unspecified atom stereocenters. The minimum atomic E-state index is -3.60. The predicted octanol–water partition coefficient (Wildman–Crippen LogP) is 7.71. The summed E-state index contributed by atoms with van der Waals surface area (Å²) < 4.78 is 80.7. The third-order valence-electron chi connectivity index (χ3n) is 9.32. The van der Waals surface area contributed by atoms with E-state index in [4.69, 9.17) is 18.1 Å². The summed E-state index contributed by atoms with van der Waals surface area (Å²) in [5.41, 5.74) is 3.17. The maximum atomic E-state index is 14.7. The molecule has 2 aliphatic heterocycles. The first-order valence-electron chi connectivity index (χ1n) is 16.5. The van der Waals surface area contributed by atoms with Crippen LogP contribution >= 0.6 is 29.5 Å². The van der Waals surface area contributed by atoms with Gasteiger partial charge in [0.15, 0.2) is 0 Å². The van der Waals surface area contributed by atoms with E-state index >= 15 is 0 Å². The van der Waals surface area contributed by atoms with E-state index in [1.807, 2.05) is 125 Å². The molecule has 6 rings (SSSR count). The number of hydrogen-bond acceptors (Lipinski definition) is 8. The second-order valence-corrected chi connectivity index (χ2v) is 23.8. The number of aryl methyl sites for hydroxylation is 4. The quantitative estimate of drug-likeness (QED) is 0.152. The number of rotatable bonds is 10. The Morgan fingerprint density at radius 2 is 0.776 bits per heavy atom. The van der Waals surface area contributed by atoms with Gasteiger partial charge in [-0.05, 0) is 52.0 Å². The molecule has 0 saturated carbocycles. The lowest BCUT2D eigenvalue weighted by Gasteiger charge is -2.43. The van der Waals surface area contributed by atoms with Crippen LogP contribution in [0.25, 0.3) is 0 Å². The molecule has 1 spiro atoms. The van der Waals surface area contributed by atoms with Gasteiger partial charge in [0.05, 0.1) is 44.2 Å². The molecule has 2 aliphatic rings. The Labute approximate surface area is 289 Å². The van der Waals surface area contributed by atoms with Crippen LogP contribution in [0.4, 0.5) is 0 Å². The fraction of sp³-hybridized carbons (Fsp3) is 0.351. The van der Waals surface area contributed by atoms with Crippen molar-refractivity contribution < 1.29 is 36.4 Å². The first-order chi connectivity index (χ1) is 23.2. The van der Waals surface area contributed by atoms with Gasteiger partial charge in [-0.15, -0.1) is 0 Å². The minimum absolute atomic E-state index is 0.0182. The van der Waals surface area contributed by atoms with Crippen molar-refractivity contribution in [2.75, 3.05) is 51.1 Å². The van der Waals surface area contributed by atoms with Gasteiger partial charge in [-0.3, -0.25) is 9.13 Å². The van der Waals surface area contributed by atoms with Crippen LogP contribution in [0.5, 0.6) is 0 Å². The zero-order valence-corrected chi connectivity index (χ0v) is 32.0. The van der Waals surface area contributed by atoms with E-state index in [1.165, 1.54) is 0 Å². The molecule has 0 N–H and O–H groups in total. The van der Waals surface area contributed by atoms with Crippen molar-refractivity contribution in [2.24, 2.45) is 5.41 Å². The number of benzene rings is 4. The second-order valence-electron chi connectivity index (χ2n) is 13.5. The van der Waals surface area contributed by atoms with Crippen molar-refractivity contribution in [3.63, 3.8) is 0 Å². The molecule has 12 heteroatoms. The van der Waals surface area contributed by atoms with Gasteiger partial charge >= 0.3 is 15.2 Å². The van der Waals surface area contributed by atoms with Crippen molar-refractivity contribution in [3.8, 4) is 0 Å². The van der Waals surface area contributed by atoms with Gasteiger partial charge in [0.1, 0.15) is 14.3 Å². The van der Waals surface area contributed by atoms with Gasteiger partial charge < -0.3 is 27.2 Å². The summed E-state index contributed by atoms with van der Waals surface area (Å²) in [7, 11) is -13.5. The lowest BCUT2D eigenvalue weighted by Crippen LogP contribution is -2.46. The molecule has 4 aromatic carbocycles. The Morgan fingerprint density at radius 3 is 1.02 bits per heavy atom. The molecular weight excluding hydrogens is 696 g/mol. The maximum Gasteiger partial charge on any atom is 0.331 e. The summed E-state index contributed by atoms with van der Waals surface area (Å²) in [6.07, 6.45) is 0.202. The van der Waals surface area contributed by atoms with E-state index in [9.17, 15) is 18.3 Å². The van der Waals surface area contributed by atoms with Crippen LogP contribution in [0.3, 0.4) is 0 Å². The summed E-state index contributed by atoms with van der Waals surface area (Å²) in [5, 5.41) is 2.82. The minimum Gasteiger partial charge on any atom is -0.314 e. The van der Waals surface area contributed by atoms with Gasteiger partial charge in [-0.25, -0.2) is 0 Å². The fourth-order valence-corrected chi connectivity index (χ4v) is 17.6. The van der Waals surface area contributed by atoms with Crippen molar-refractivity contribution in [1.82, 2.24) is 0 Å². The smallest absolute Gasteiger partial charge is 0.314 e. The molecule has 2 heterocycles.